The Morgan fingerprint density at radius 2 is 1.84 bits per heavy atom. The second kappa shape index (κ2) is 7.70. The molecule has 2 aromatic heterocycles. The second-order valence-electron chi connectivity index (χ2n) is 8.37. The van der Waals surface area contributed by atoms with Gasteiger partial charge in [0.05, 0.1) is 24.8 Å². The zero-order chi connectivity index (χ0) is 21.7. The molecule has 2 fully saturated rings. The minimum Gasteiger partial charge on any atom is -0.378 e. The first kappa shape index (κ1) is 19.4. The van der Waals surface area contributed by atoms with Crippen LogP contribution in [0, 0.1) is 11.6 Å². The van der Waals surface area contributed by atoms with Crippen molar-refractivity contribution in [1.29, 1.82) is 0 Å². The molecule has 8 heteroatoms. The molecule has 2 aliphatic rings. The van der Waals surface area contributed by atoms with E-state index in [0.29, 0.717) is 5.56 Å². The minimum atomic E-state index is -0.422. The van der Waals surface area contributed by atoms with Crippen LogP contribution in [0.2, 0.25) is 0 Å². The number of morpholine rings is 1. The summed E-state index contributed by atoms with van der Waals surface area (Å²) in [6.07, 6.45) is 3.55. The number of ether oxygens (including phenoxy) is 1. The maximum atomic E-state index is 14.5. The van der Waals surface area contributed by atoms with E-state index in [1.165, 1.54) is 12.1 Å². The van der Waals surface area contributed by atoms with Crippen LogP contribution in [-0.2, 0) is 4.74 Å². The lowest BCUT2D eigenvalue weighted by molar-refractivity contribution is 0.122. The number of anilines is 2. The molecule has 4 aromatic rings. The van der Waals surface area contributed by atoms with Crippen molar-refractivity contribution in [2.75, 3.05) is 42.6 Å². The molecule has 0 spiro atoms. The van der Waals surface area contributed by atoms with Gasteiger partial charge in [-0.05, 0) is 55.3 Å². The third-order valence-corrected chi connectivity index (χ3v) is 6.48. The number of hydrogen-bond donors (Lipinski definition) is 0. The molecule has 0 N–H and O–H groups in total. The summed E-state index contributed by atoms with van der Waals surface area (Å²) < 4.78 is 35.6. The highest BCUT2D eigenvalue weighted by Crippen LogP contribution is 2.37. The Bertz CT molecular complexity index is 1300. The topological polar surface area (TPSA) is 45.9 Å². The third-order valence-electron chi connectivity index (χ3n) is 6.48. The Kier molecular flexibility index (Phi) is 4.68. The normalized spacial score (nSPS) is 19.4. The van der Waals surface area contributed by atoms with Crippen LogP contribution in [0.5, 0.6) is 0 Å². The molecule has 2 saturated heterocycles. The van der Waals surface area contributed by atoms with E-state index in [0.717, 1.165) is 79.8 Å². The van der Waals surface area contributed by atoms with Crippen LogP contribution < -0.4 is 9.80 Å². The second-order valence-corrected chi connectivity index (χ2v) is 8.37. The molecule has 1 atom stereocenters. The SMILES string of the molecule is Fc1ccc(F)c(C2CCCN2c2ccn3nc4ccc(N5CCOCC5)cc4c3n2)c1. The van der Waals surface area contributed by atoms with Gasteiger partial charge in [0.15, 0.2) is 5.65 Å². The van der Waals surface area contributed by atoms with Crippen molar-refractivity contribution < 1.29 is 13.5 Å². The van der Waals surface area contributed by atoms with Gasteiger partial charge in [-0.2, -0.15) is 5.10 Å². The fraction of sp³-hybridized carbons (Fsp3) is 0.333. The van der Waals surface area contributed by atoms with Crippen LogP contribution >= 0.6 is 0 Å². The molecular weight excluding hydrogens is 412 g/mol. The summed E-state index contributed by atoms with van der Waals surface area (Å²) in [7, 11) is 0. The summed E-state index contributed by atoms with van der Waals surface area (Å²) in [5, 5.41) is 5.63. The molecule has 164 valence electrons. The quantitative estimate of drug-likeness (QED) is 0.479. The van der Waals surface area contributed by atoms with E-state index < -0.39 is 5.82 Å². The highest BCUT2D eigenvalue weighted by Gasteiger charge is 2.30. The Hall–Kier alpha value is -3.26. The molecule has 0 aliphatic carbocycles. The molecule has 0 saturated carbocycles. The number of aromatic nitrogens is 3. The molecule has 1 unspecified atom stereocenters. The number of hydrogen-bond acceptors (Lipinski definition) is 5. The Morgan fingerprint density at radius 3 is 2.72 bits per heavy atom. The van der Waals surface area contributed by atoms with E-state index in [1.54, 1.807) is 4.52 Å². The molecule has 0 radical (unpaired) electrons. The van der Waals surface area contributed by atoms with Gasteiger partial charge in [-0.25, -0.2) is 18.3 Å². The molecule has 4 heterocycles. The van der Waals surface area contributed by atoms with Gasteiger partial charge in [0, 0.05) is 42.5 Å². The van der Waals surface area contributed by atoms with Gasteiger partial charge in [0.2, 0.25) is 0 Å². The molecule has 6 nitrogen and oxygen atoms in total. The lowest BCUT2D eigenvalue weighted by Gasteiger charge is -2.28. The lowest BCUT2D eigenvalue weighted by Crippen LogP contribution is -2.36. The predicted octanol–water partition coefficient (Wildman–Crippen LogP) is 4.34. The maximum Gasteiger partial charge on any atom is 0.165 e. The van der Waals surface area contributed by atoms with E-state index in [1.807, 2.05) is 18.3 Å². The maximum absolute atomic E-state index is 14.5. The summed E-state index contributed by atoms with van der Waals surface area (Å²) in [5.41, 5.74) is 3.15. The van der Waals surface area contributed by atoms with Gasteiger partial charge in [-0.15, -0.1) is 0 Å². The van der Waals surface area contributed by atoms with Gasteiger partial charge in [-0.1, -0.05) is 0 Å². The largest absolute Gasteiger partial charge is 0.378 e. The van der Waals surface area contributed by atoms with E-state index in [4.69, 9.17) is 9.72 Å². The van der Waals surface area contributed by atoms with Crippen molar-refractivity contribution in [2.24, 2.45) is 0 Å². The molecule has 32 heavy (non-hydrogen) atoms. The fourth-order valence-electron chi connectivity index (χ4n) is 4.89. The van der Waals surface area contributed by atoms with Gasteiger partial charge in [0.1, 0.15) is 17.5 Å². The highest BCUT2D eigenvalue weighted by atomic mass is 19.1. The number of fused-ring (bicyclic) bond motifs is 3. The summed E-state index contributed by atoms with van der Waals surface area (Å²) in [5.74, 6) is -0.0503. The van der Waals surface area contributed by atoms with Crippen molar-refractivity contribution in [1.82, 2.24) is 14.6 Å². The van der Waals surface area contributed by atoms with Crippen LogP contribution in [0.25, 0.3) is 16.6 Å². The zero-order valence-corrected chi connectivity index (χ0v) is 17.5. The number of nitrogens with zero attached hydrogens (tertiary/aromatic N) is 5. The summed E-state index contributed by atoms with van der Waals surface area (Å²) in [6.45, 7) is 3.91. The third kappa shape index (κ3) is 3.26. The monoisotopic (exact) mass is 435 g/mol. The van der Waals surface area contributed by atoms with E-state index in [-0.39, 0.29) is 11.9 Å². The molecule has 2 aromatic carbocycles. The first-order valence-electron chi connectivity index (χ1n) is 11.0. The molecule has 6 rings (SSSR count). The van der Waals surface area contributed by atoms with E-state index in [9.17, 15) is 8.78 Å². The average molecular weight is 435 g/mol. The van der Waals surface area contributed by atoms with Crippen LogP contribution in [0.3, 0.4) is 0 Å². The minimum absolute atomic E-state index is 0.237. The van der Waals surface area contributed by atoms with Crippen LogP contribution in [0.15, 0.2) is 48.7 Å². The standard InChI is InChI=1S/C24H23F2N5O/c25-16-3-5-20(26)18(14-16)22-2-1-8-30(22)23-7-9-31-24(27-23)19-15-17(4-6-21(19)28-31)29-10-12-32-13-11-29/h3-7,9,14-15,22H,1-2,8,10-13H2. The van der Waals surface area contributed by atoms with Crippen molar-refractivity contribution in [3.8, 4) is 0 Å². The zero-order valence-electron chi connectivity index (χ0n) is 17.5. The Morgan fingerprint density at radius 1 is 0.969 bits per heavy atom. The number of benzene rings is 2. The number of halogens is 2. The predicted molar refractivity (Wildman–Crippen MR) is 119 cm³/mol. The highest BCUT2D eigenvalue weighted by molar-refractivity contribution is 5.94. The Labute approximate surface area is 184 Å². The number of rotatable bonds is 3. The van der Waals surface area contributed by atoms with Crippen molar-refractivity contribution in [3.63, 3.8) is 0 Å². The van der Waals surface area contributed by atoms with Crippen LogP contribution in [0.1, 0.15) is 24.4 Å². The van der Waals surface area contributed by atoms with Gasteiger partial charge in [0.25, 0.3) is 0 Å². The fourth-order valence-corrected chi connectivity index (χ4v) is 4.89. The first-order chi connectivity index (χ1) is 15.7. The summed E-state index contributed by atoms with van der Waals surface area (Å²) >= 11 is 0. The van der Waals surface area contributed by atoms with Crippen LogP contribution in [0.4, 0.5) is 20.3 Å². The molecule has 0 bridgehead atoms. The van der Waals surface area contributed by atoms with Crippen LogP contribution in [-0.4, -0.2) is 47.4 Å². The van der Waals surface area contributed by atoms with Crippen molar-refractivity contribution in [2.45, 2.75) is 18.9 Å². The van der Waals surface area contributed by atoms with E-state index in [2.05, 4.69) is 27.0 Å². The van der Waals surface area contributed by atoms with Gasteiger partial charge >= 0.3 is 0 Å². The Balaban J connectivity index is 1.41. The first-order valence-corrected chi connectivity index (χ1v) is 11.0. The van der Waals surface area contributed by atoms with Gasteiger partial charge in [-0.3, -0.25) is 0 Å². The molecule has 0 amide bonds. The van der Waals surface area contributed by atoms with Crippen molar-refractivity contribution >= 4 is 28.1 Å². The van der Waals surface area contributed by atoms with Crippen molar-refractivity contribution in [3.05, 3.63) is 65.9 Å². The summed E-state index contributed by atoms with van der Waals surface area (Å²) in [4.78, 5) is 9.30. The molecule has 2 aliphatic heterocycles. The van der Waals surface area contributed by atoms with E-state index >= 15 is 0 Å². The average Bonchev–Trinajstić information content (AvgIpc) is 3.45. The smallest absolute Gasteiger partial charge is 0.165 e. The lowest BCUT2D eigenvalue weighted by atomic mass is 10.0. The molecular formula is C24H23F2N5O. The summed E-state index contributed by atoms with van der Waals surface area (Å²) in [6, 6.07) is 11.6. The van der Waals surface area contributed by atoms with Gasteiger partial charge < -0.3 is 14.5 Å².